The summed E-state index contributed by atoms with van der Waals surface area (Å²) in [4.78, 5) is 11.3. The molecule has 0 saturated carbocycles. The maximum Gasteiger partial charge on any atom is 0.231 e. The molecule has 2 rings (SSSR count). The molecule has 0 saturated heterocycles. The molecule has 100 valence electrons. The summed E-state index contributed by atoms with van der Waals surface area (Å²) in [6.07, 6.45) is 4.43. The topological polar surface area (TPSA) is 116 Å². The molecule has 0 bridgehead atoms. The van der Waals surface area contributed by atoms with Crippen LogP contribution in [0.2, 0.25) is 5.02 Å². The molecule has 2 aromatic heterocycles. The number of nitrogens with zero attached hydrogens (tertiary/aromatic N) is 2. The smallest absolute Gasteiger partial charge is 0.231 e. The van der Waals surface area contributed by atoms with Crippen molar-refractivity contribution in [2.75, 3.05) is 17.6 Å². The van der Waals surface area contributed by atoms with E-state index >= 15 is 0 Å². The number of hydrogen-bond acceptors (Lipinski definition) is 6. The Labute approximate surface area is 114 Å². The molecule has 2 aromatic rings. The lowest BCUT2D eigenvalue weighted by atomic mass is 10.4. The Kier molecular flexibility index (Phi) is 3.86. The van der Waals surface area contributed by atoms with Crippen molar-refractivity contribution in [3.8, 4) is 0 Å². The second kappa shape index (κ2) is 5.57. The van der Waals surface area contributed by atoms with Gasteiger partial charge in [0.25, 0.3) is 0 Å². The molecular weight excluding hydrogens is 266 g/mol. The van der Waals surface area contributed by atoms with Crippen LogP contribution < -0.4 is 16.4 Å². The van der Waals surface area contributed by atoms with Gasteiger partial charge in [-0.2, -0.15) is 9.97 Å². The minimum absolute atomic E-state index is 0.284. The minimum Gasteiger partial charge on any atom is -0.389 e. The average Bonchev–Trinajstić information content (AvgIpc) is 2.76. The number of allylic oxidation sites excluding steroid dienone is 1. The highest BCUT2D eigenvalue weighted by Gasteiger charge is 2.10. The number of rotatable bonds is 5. The molecule has 8 heteroatoms. The highest BCUT2D eigenvalue weighted by molar-refractivity contribution is 6.36. The van der Waals surface area contributed by atoms with Crippen LogP contribution in [0.5, 0.6) is 0 Å². The molecule has 0 amide bonds. The van der Waals surface area contributed by atoms with Crippen LogP contribution in [0.4, 0.5) is 11.8 Å². The fourth-order valence-corrected chi connectivity index (χ4v) is 1.77. The Hall–Kier alpha value is -2.28. The van der Waals surface area contributed by atoms with Crippen LogP contribution in [-0.4, -0.2) is 27.7 Å². The van der Waals surface area contributed by atoms with Gasteiger partial charge in [-0.25, -0.2) is 0 Å². The molecule has 0 aliphatic carbocycles. The molecule has 0 atom stereocenters. The van der Waals surface area contributed by atoms with Gasteiger partial charge in [-0.05, 0) is 6.92 Å². The van der Waals surface area contributed by atoms with Gasteiger partial charge in [0.05, 0.1) is 16.1 Å². The molecule has 0 aromatic carbocycles. The van der Waals surface area contributed by atoms with Crippen LogP contribution >= 0.6 is 11.6 Å². The van der Waals surface area contributed by atoms with Crippen molar-refractivity contribution in [1.29, 1.82) is 5.41 Å². The Morgan fingerprint density at radius 3 is 3.05 bits per heavy atom. The van der Waals surface area contributed by atoms with Gasteiger partial charge in [0.1, 0.15) is 11.5 Å². The number of nitrogen functional groups attached to an aromatic ring is 1. The van der Waals surface area contributed by atoms with Gasteiger partial charge >= 0.3 is 0 Å². The minimum atomic E-state index is 0.284. The molecule has 0 aliphatic heterocycles. The van der Waals surface area contributed by atoms with Crippen LogP contribution in [0, 0.1) is 5.41 Å². The molecule has 0 aliphatic rings. The normalized spacial score (nSPS) is 11.6. The molecule has 2 heterocycles. The quantitative estimate of drug-likeness (QED) is 0.534. The van der Waals surface area contributed by atoms with Crippen molar-refractivity contribution in [2.45, 2.75) is 6.92 Å². The third-order valence-corrected chi connectivity index (χ3v) is 2.68. The number of hydrogen-bond donors (Lipinski definition) is 5. The van der Waals surface area contributed by atoms with Crippen LogP contribution in [-0.2, 0) is 0 Å². The Morgan fingerprint density at radius 2 is 2.37 bits per heavy atom. The zero-order chi connectivity index (χ0) is 13.8. The highest BCUT2D eigenvalue weighted by Crippen LogP contribution is 2.26. The van der Waals surface area contributed by atoms with Gasteiger partial charge < -0.3 is 26.8 Å². The molecule has 0 fully saturated rings. The fourth-order valence-electron chi connectivity index (χ4n) is 1.53. The Balaban J connectivity index is 2.33. The zero-order valence-electron chi connectivity index (χ0n) is 10.3. The number of fused-ring (bicyclic) bond motifs is 1. The number of halogens is 1. The molecule has 0 spiro atoms. The second-order valence-electron chi connectivity index (χ2n) is 3.72. The number of aromatic amines is 1. The summed E-state index contributed by atoms with van der Waals surface area (Å²) in [6, 6.07) is 0. The summed E-state index contributed by atoms with van der Waals surface area (Å²) in [6.45, 7) is 2.72. The Morgan fingerprint density at radius 1 is 1.58 bits per heavy atom. The van der Waals surface area contributed by atoms with Gasteiger partial charge in [0.15, 0.2) is 0 Å². The van der Waals surface area contributed by atoms with Crippen LogP contribution in [0.3, 0.4) is 0 Å². The fraction of sp³-hybridized carbons (Fsp3) is 0.182. The molecule has 6 N–H and O–H groups in total. The van der Waals surface area contributed by atoms with E-state index in [0.29, 0.717) is 27.7 Å². The van der Waals surface area contributed by atoms with E-state index in [0.717, 1.165) is 12.8 Å². The lowest BCUT2D eigenvalue weighted by molar-refractivity contribution is 0.913. The maximum atomic E-state index is 7.30. The number of anilines is 2. The molecule has 7 nitrogen and oxygen atoms in total. The first-order valence-corrected chi connectivity index (χ1v) is 6.04. The highest BCUT2D eigenvalue weighted by atomic mass is 35.5. The number of aromatic nitrogens is 3. The third-order valence-electron chi connectivity index (χ3n) is 2.38. The zero-order valence-corrected chi connectivity index (χ0v) is 11.0. The van der Waals surface area contributed by atoms with E-state index in [1.54, 1.807) is 12.4 Å². The van der Waals surface area contributed by atoms with E-state index in [2.05, 4.69) is 25.6 Å². The van der Waals surface area contributed by atoms with Gasteiger partial charge in [0.2, 0.25) is 5.95 Å². The number of nitrogens with two attached hydrogens (primary N) is 1. The van der Waals surface area contributed by atoms with Crippen molar-refractivity contribution in [3.63, 3.8) is 0 Å². The monoisotopic (exact) mass is 279 g/mol. The second-order valence-corrected chi connectivity index (χ2v) is 4.13. The summed E-state index contributed by atoms with van der Waals surface area (Å²) < 4.78 is 0. The predicted molar refractivity (Wildman–Crippen MR) is 77.5 cm³/mol. The number of H-pyrrole nitrogens is 1. The first kappa shape index (κ1) is 13.2. The first-order valence-electron chi connectivity index (χ1n) is 5.66. The summed E-state index contributed by atoms with van der Waals surface area (Å²) in [7, 11) is 0. The summed E-state index contributed by atoms with van der Waals surface area (Å²) in [5.74, 6) is 0.586. The van der Waals surface area contributed by atoms with Gasteiger partial charge in [-0.3, -0.25) is 0 Å². The molecular formula is C11H14ClN7. The van der Waals surface area contributed by atoms with Gasteiger partial charge in [-0.15, -0.1) is 0 Å². The van der Waals surface area contributed by atoms with E-state index in [-0.39, 0.29) is 5.82 Å². The standard InChI is InChI=1S/C11H14ClN7/c1-2-15-4-6(3-13)17-11-18-9(14)8-7(12)5-16-10(8)19-11/h3-5,13,15H,2H2,1H3,(H4,14,16,17,18,19)/b6-4+,13-3?. The SMILES string of the molecule is CCN/C=C(\C=N)Nc1nc(N)c2c(Cl)c[nH]c2n1. The first-order chi connectivity index (χ1) is 9.15. The van der Waals surface area contributed by atoms with E-state index in [1.165, 1.54) is 0 Å². The van der Waals surface area contributed by atoms with E-state index < -0.39 is 0 Å². The maximum absolute atomic E-state index is 7.30. The number of nitrogens with one attached hydrogen (secondary N) is 4. The van der Waals surface area contributed by atoms with Crippen molar-refractivity contribution in [3.05, 3.63) is 23.1 Å². The largest absolute Gasteiger partial charge is 0.389 e. The molecule has 19 heavy (non-hydrogen) atoms. The van der Waals surface area contributed by atoms with Crippen molar-refractivity contribution < 1.29 is 0 Å². The molecule has 0 unspecified atom stereocenters. The Bertz CT molecular complexity index is 631. The van der Waals surface area contributed by atoms with Crippen LogP contribution in [0.1, 0.15) is 6.92 Å². The van der Waals surface area contributed by atoms with Gasteiger partial charge in [-0.1, -0.05) is 11.6 Å². The molecule has 0 radical (unpaired) electrons. The third kappa shape index (κ3) is 2.76. The predicted octanol–water partition coefficient (Wildman–Crippen LogP) is 1.71. The van der Waals surface area contributed by atoms with Crippen molar-refractivity contribution >= 4 is 40.6 Å². The van der Waals surface area contributed by atoms with Gasteiger partial charge in [0, 0.05) is 25.2 Å². The summed E-state index contributed by atoms with van der Waals surface area (Å²) >= 11 is 5.96. The van der Waals surface area contributed by atoms with Crippen LogP contribution in [0.15, 0.2) is 18.1 Å². The van der Waals surface area contributed by atoms with E-state index in [9.17, 15) is 0 Å². The van der Waals surface area contributed by atoms with Crippen molar-refractivity contribution in [2.24, 2.45) is 0 Å². The summed E-state index contributed by atoms with van der Waals surface area (Å²) in [5, 5.41) is 14.3. The van der Waals surface area contributed by atoms with Crippen molar-refractivity contribution in [1.82, 2.24) is 20.3 Å². The van der Waals surface area contributed by atoms with Crippen LogP contribution in [0.25, 0.3) is 11.0 Å². The van der Waals surface area contributed by atoms with E-state index in [1.807, 2.05) is 6.92 Å². The summed E-state index contributed by atoms with van der Waals surface area (Å²) in [5.41, 5.74) is 6.91. The lowest BCUT2D eigenvalue weighted by Gasteiger charge is -2.06. The lowest BCUT2D eigenvalue weighted by Crippen LogP contribution is -2.11. The average molecular weight is 280 g/mol. The van der Waals surface area contributed by atoms with E-state index in [4.69, 9.17) is 22.7 Å².